The summed E-state index contributed by atoms with van der Waals surface area (Å²) in [5, 5.41) is 0. The predicted molar refractivity (Wildman–Crippen MR) is 50.4 cm³/mol. The Morgan fingerprint density at radius 3 is 2.67 bits per heavy atom. The molecule has 0 aromatic carbocycles. The van der Waals surface area contributed by atoms with Crippen LogP contribution in [0.15, 0.2) is 18.3 Å². The monoisotopic (exact) mass is 162 g/mol. The molecule has 0 atom stereocenters. The van der Waals surface area contributed by atoms with Gasteiger partial charge in [-0.15, -0.1) is 0 Å². The van der Waals surface area contributed by atoms with Gasteiger partial charge in [-0.2, -0.15) is 0 Å². The highest BCUT2D eigenvalue weighted by molar-refractivity contribution is 5.41. The summed E-state index contributed by atoms with van der Waals surface area (Å²) in [5.41, 5.74) is 1.32. The molecule has 64 valence electrons. The van der Waals surface area contributed by atoms with Gasteiger partial charge in [0.2, 0.25) is 0 Å². The van der Waals surface area contributed by atoms with Crippen molar-refractivity contribution in [2.75, 3.05) is 18.0 Å². The van der Waals surface area contributed by atoms with E-state index in [1.807, 2.05) is 6.20 Å². The number of anilines is 1. The molecule has 1 aliphatic heterocycles. The van der Waals surface area contributed by atoms with Crippen LogP contribution < -0.4 is 4.90 Å². The van der Waals surface area contributed by atoms with Crippen molar-refractivity contribution in [3.05, 3.63) is 23.9 Å². The van der Waals surface area contributed by atoms with Gasteiger partial charge in [-0.1, -0.05) is 13.0 Å². The Hall–Kier alpha value is -1.05. The Morgan fingerprint density at radius 1 is 1.42 bits per heavy atom. The van der Waals surface area contributed by atoms with Crippen molar-refractivity contribution in [3.63, 3.8) is 0 Å². The molecule has 1 aliphatic rings. The number of rotatable bonds is 2. The summed E-state index contributed by atoms with van der Waals surface area (Å²) in [6.07, 6.45) is 4.37. The van der Waals surface area contributed by atoms with E-state index in [-0.39, 0.29) is 0 Å². The molecule has 12 heavy (non-hydrogen) atoms. The largest absolute Gasteiger partial charge is 0.356 e. The molecule has 0 radical (unpaired) electrons. The molecule has 0 amide bonds. The highest BCUT2D eigenvalue weighted by Gasteiger charge is 2.14. The first-order valence-corrected chi connectivity index (χ1v) is 4.60. The second-order valence-corrected chi connectivity index (χ2v) is 3.22. The zero-order valence-electron chi connectivity index (χ0n) is 7.45. The SMILES string of the molecule is CCc1ccc(N2CCC2)nc1. The van der Waals surface area contributed by atoms with Gasteiger partial charge < -0.3 is 4.90 Å². The molecule has 1 aromatic rings. The maximum atomic E-state index is 4.40. The summed E-state index contributed by atoms with van der Waals surface area (Å²) in [7, 11) is 0. The number of hydrogen-bond donors (Lipinski definition) is 0. The highest BCUT2D eigenvalue weighted by atomic mass is 15.2. The van der Waals surface area contributed by atoms with E-state index >= 15 is 0 Å². The van der Waals surface area contributed by atoms with Crippen LogP contribution in [0.3, 0.4) is 0 Å². The molecule has 2 nitrogen and oxygen atoms in total. The quantitative estimate of drug-likeness (QED) is 0.659. The normalized spacial score (nSPS) is 15.9. The maximum Gasteiger partial charge on any atom is 0.128 e. The topological polar surface area (TPSA) is 16.1 Å². The average molecular weight is 162 g/mol. The van der Waals surface area contributed by atoms with Crippen LogP contribution in [0.5, 0.6) is 0 Å². The van der Waals surface area contributed by atoms with Crippen LogP contribution in [0, 0.1) is 0 Å². The van der Waals surface area contributed by atoms with Crippen LogP contribution in [0.4, 0.5) is 5.82 Å². The van der Waals surface area contributed by atoms with Crippen LogP contribution >= 0.6 is 0 Å². The van der Waals surface area contributed by atoms with E-state index in [0.29, 0.717) is 0 Å². The fourth-order valence-corrected chi connectivity index (χ4v) is 1.36. The van der Waals surface area contributed by atoms with Crippen molar-refractivity contribution in [2.24, 2.45) is 0 Å². The molecule has 2 heteroatoms. The minimum Gasteiger partial charge on any atom is -0.356 e. The fraction of sp³-hybridized carbons (Fsp3) is 0.500. The van der Waals surface area contributed by atoms with E-state index in [1.54, 1.807) is 0 Å². The van der Waals surface area contributed by atoms with Crippen molar-refractivity contribution in [1.82, 2.24) is 4.98 Å². The van der Waals surface area contributed by atoms with Crippen molar-refractivity contribution >= 4 is 5.82 Å². The van der Waals surface area contributed by atoms with Gasteiger partial charge in [-0.3, -0.25) is 0 Å². The molecule has 2 rings (SSSR count). The standard InChI is InChI=1S/C10H14N2/c1-2-9-4-5-10(11-8-9)12-6-3-7-12/h4-5,8H,2-3,6-7H2,1H3. The number of aryl methyl sites for hydroxylation is 1. The second kappa shape index (κ2) is 3.13. The van der Waals surface area contributed by atoms with Gasteiger partial charge in [-0.05, 0) is 24.5 Å². The van der Waals surface area contributed by atoms with E-state index in [0.717, 1.165) is 12.2 Å². The van der Waals surface area contributed by atoms with Gasteiger partial charge in [0.25, 0.3) is 0 Å². The van der Waals surface area contributed by atoms with Crippen LogP contribution in [-0.2, 0) is 6.42 Å². The molecule has 0 N–H and O–H groups in total. The summed E-state index contributed by atoms with van der Waals surface area (Å²) in [6, 6.07) is 4.29. The van der Waals surface area contributed by atoms with Gasteiger partial charge in [0, 0.05) is 19.3 Å². The number of pyridine rings is 1. The molecule has 0 bridgehead atoms. The Kier molecular flexibility index (Phi) is 1.98. The first-order valence-electron chi connectivity index (χ1n) is 4.60. The maximum absolute atomic E-state index is 4.40. The lowest BCUT2D eigenvalue weighted by molar-refractivity contribution is 0.609. The molecule has 1 aromatic heterocycles. The van der Waals surface area contributed by atoms with Crippen molar-refractivity contribution in [1.29, 1.82) is 0 Å². The fourth-order valence-electron chi connectivity index (χ4n) is 1.36. The van der Waals surface area contributed by atoms with Crippen LogP contribution in [0.2, 0.25) is 0 Å². The minimum atomic E-state index is 1.08. The molecule has 2 heterocycles. The molecule has 0 spiro atoms. The molecular weight excluding hydrogens is 148 g/mol. The van der Waals surface area contributed by atoms with Crippen LogP contribution in [-0.4, -0.2) is 18.1 Å². The first-order chi connectivity index (χ1) is 5.90. The Labute approximate surface area is 73.2 Å². The molecule has 0 saturated carbocycles. The van der Waals surface area contributed by atoms with Crippen LogP contribution in [0.25, 0.3) is 0 Å². The highest BCUT2D eigenvalue weighted by Crippen LogP contribution is 2.17. The summed E-state index contributed by atoms with van der Waals surface area (Å²) < 4.78 is 0. The lowest BCUT2D eigenvalue weighted by Crippen LogP contribution is -2.37. The van der Waals surface area contributed by atoms with E-state index in [4.69, 9.17) is 0 Å². The van der Waals surface area contributed by atoms with Gasteiger partial charge in [0.15, 0.2) is 0 Å². The number of nitrogens with zero attached hydrogens (tertiary/aromatic N) is 2. The van der Waals surface area contributed by atoms with Crippen molar-refractivity contribution in [2.45, 2.75) is 19.8 Å². The third-order valence-electron chi connectivity index (χ3n) is 2.40. The first kappa shape index (κ1) is 7.59. The van der Waals surface area contributed by atoms with Crippen LogP contribution in [0.1, 0.15) is 18.9 Å². The van der Waals surface area contributed by atoms with E-state index in [1.165, 1.54) is 25.1 Å². The van der Waals surface area contributed by atoms with Crippen molar-refractivity contribution < 1.29 is 0 Å². The average Bonchev–Trinajstić information content (AvgIpc) is 2.03. The lowest BCUT2D eigenvalue weighted by atomic mass is 10.2. The van der Waals surface area contributed by atoms with E-state index in [2.05, 4.69) is 28.9 Å². The number of aromatic nitrogens is 1. The van der Waals surface area contributed by atoms with E-state index in [9.17, 15) is 0 Å². The number of hydrogen-bond acceptors (Lipinski definition) is 2. The molecule has 0 unspecified atom stereocenters. The summed E-state index contributed by atoms with van der Waals surface area (Å²) in [6.45, 7) is 4.51. The third kappa shape index (κ3) is 1.29. The van der Waals surface area contributed by atoms with Gasteiger partial charge in [0.1, 0.15) is 5.82 Å². The third-order valence-corrected chi connectivity index (χ3v) is 2.40. The molecule has 1 saturated heterocycles. The molecule has 1 fully saturated rings. The van der Waals surface area contributed by atoms with Gasteiger partial charge in [0.05, 0.1) is 0 Å². The lowest BCUT2D eigenvalue weighted by Gasteiger charge is -2.31. The summed E-state index contributed by atoms with van der Waals surface area (Å²) in [5.74, 6) is 1.14. The second-order valence-electron chi connectivity index (χ2n) is 3.22. The zero-order chi connectivity index (χ0) is 8.39. The van der Waals surface area contributed by atoms with Gasteiger partial charge >= 0.3 is 0 Å². The van der Waals surface area contributed by atoms with E-state index < -0.39 is 0 Å². The Morgan fingerprint density at radius 2 is 2.25 bits per heavy atom. The molecule has 0 aliphatic carbocycles. The molecular formula is C10H14N2. The Bertz CT molecular complexity index is 249. The van der Waals surface area contributed by atoms with Gasteiger partial charge in [-0.25, -0.2) is 4.98 Å². The Balaban J connectivity index is 2.13. The smallest absolute Gasteiger partial charge is 0.128 e. The summed E-state index contributed by atoms with van der Waals surface area (Å²) in [4.78, 5) is 6.70. The zero-order valence-corrected chi connectivity index (χ0v) is 7.45. The van der Waals surface area contributed by atoms with Crippen molar-refractivity contribution in [3.8, 4) is 0 Å². The summed E-state index contributed by atoms with van der Waals surface area (Å²) >= 11 is 0. The minimum absolute atomic E-state index is 1.08. The predicted octanol–water partition coefficient (Wildman–Crippen LogP) is 1.85.